The molecule has 2 aromatic rings. The van der Waals surface area contributed by atoms with E-state index in [1.807, 2.05) is 24.3 Å². The lowest BCUT2D eigenvalue weighted by Gasteiger charge is -2.17. The maximum absolute atomic E-state index is 5.72. The molecule has 1 aromatic heterocycles. The fourth-order valence-corrected chi connectivity index (χ4v) is 2.88. The summed E-state index contributed by atoms with van der Waals surface area (Å²) in [5, 5.41) is 11.6. The lowest BCUT2D eigenvalue weighted by molar-refractivity contribution is 0.177. The number of ether oxygens (including phenoxy) is 1. The Morgan fingerprint density at radius 3 is 3.00 bits per heavy atom. The number of nitrogens with zero attached hydrogens (tertiary/aromatic N) is 2. The van der Waals surface area contributed by atoms with E-state index in [-0.39, 0.29) is 0 Å². The Balaban J connectivity index is 1.61. The minimum Gasteiger partial charge on any atom is -0.419 e. The smallest absolute Gasteiger partial charge is 0.248 e. The second-order valence-electron chi connectivity index (χ2n) is 5.27. The Morgan fingerprint density at radius 1 is 1.38 bits per heavy atom. The van der Waals surface area contributed by atoms with Crippen molar-refractivity contribution >= 4 is 15.9 Å². The molecule has 0 amide bonds. The molecule has 2 unspecified atom stereocenters. The Hall–Kier alpha value is -1.24. The number of hydrogen-bond acceptors (Lipinski definition) is 5. The Labute approximate surface area is 132 Å². The lowest BCUT2D eigenvalue weighted by Crippen LogP contribution is -2.33. The molecule has 5 nitrogen and oxygen atoms in total. The summed E-state index contributed by atoms with van der Waals surface area (Å²) in [4.78, 5) is 0. The highest BCUT2D eigenvalue weighted by Crippen LogP contribution is 2.26. The third-order valence-corrected chi connectivity index (χ3v) is 4.51. The first-order valence-corrected chi connectivity index (χ1v) is 7.92. The van der Waals surface area contributed by atoms with Gasteiger partial charge in [-0.15, -0.1) is 10.2 Å². The van der Waals surface area contributed by atoms with Gasteiger partial charge in [-0.2, -0.15) is 0 Å². The fraction of sp³-hybridized carbons (Fsp3) is 0.467. The van der Waals surface area contributed by atoms with Gasteiger partial charge in [-0.05, 0) is 47.3 Å². The average Bonchev–Trinajstić information content (AvgIpc) is 3.17. The lowest BCUT2D eigenvalue weighted by atomic mass is 10.0. The summed E-state index contributed by atoms with van der Waals surface area (Å²) in [5.74, 6) is 1.71. The van der Waals surface area contributed by atoms with Gasteiger partial charge in [0, 0.05) is 17.1 Å². The van der Waals surface area contributed by atoms with Crippen LogP contribution in [-0.4, -0.2) is 29.5 Å². The van der Waals surface area contributed by atoms with Gasteiger partial charge in [0.15, 0.2) is 0 Å². The minimum atomic E-state index is 0.381. The van der Waals surface area contributed by atoms with E-state index in [9.17, 15) is 0 Å². The molecule has 112 valence electrons. The van der Waals surface area contributed by atoms with E-state index >= 15 is 0 Å². The highest BCUT2D eigenvalue weighted by Gasteiger charge is 2.22. The van der Waals surface area contributed by atoms with Crippen LogP contribution >= 0.6 is 15.9 Å². The molecule has 1 aromatic carbocycles. The van der Waals surface area contributed by atoms with Gasteiger partial charge in [0.05, 0.1) is 18.7 Å². The van der Waals surface area contributed by atoms with Crippen LogP contribution in [0.25, 0.3) is 11.5 Å². The van der Waals surface area contributed by atoms with Crippen LogP contribution in [0.2, 0.25) is 0 Å². The van der Waals surface area contributed by atoms with E-state index in [1.54, 1.807) is 0 Å². The summed E-state index contributed by atoms with van der Waals surface area (Å²) in [7, 11) is 0. The van der Waals surface area contributed by atoms with Gasteiger partial charge in [-0.1, -0.05) is 12.1 Å². The van der Waals surface area contributed by atoms with Crippen LogP contribution in [0.3, 0.4) is 0 Å². The molecule has 1 fully saturated rings. The molecule has 1 saturated heterocycles. The van der Waals surface area contributed by atoms with E-state index in [4.69, 9.17) is 9.15 Å². The number of aromatic nitrogens is 2. The molecule has 0 bridgehead atoms. The van der Waals surface area contributed by atoms with Crippen molar-refractivity contribution in [3.63, 3.8) is 0 Å². The summed E-state index contributed by atoms with van der Waals surface area (Å²) < 4.78 is 12.1. The van der Waals surface area contributed by atoms with Crippen molar-refractivity contribution in [1.29, 1.82) is 0 Å². The van der Waals surface area contributed by atoms with Crippen molar-refractivity contribution < 1.29 is 9.15 Å². The first-order chi connectivity index (χ1) is 10.2. The summed E-state index contributed by atoms with van der Waals surface area (Å²) in [5.41, 5.74) is 0.911. The van der Waals surface area contributed by atoms with Crippen LogP contribution in [0.5, 0.6) is 0 Å². The Morgan fingerprint density at radius 2 is 2.24 bits per heavy atom. The average molecular weight is 352 g/mol. The molecule has 1 aliphatic heterocycles. The number of nitrogens with one attached hydrogen (secondary N) is 1. The fourth-order valence-electron chi connectivity index (χ4n) is 2.43. The SMILES string of the molecule is CC(NCc1nnc(-c2ccccc2Br)o1)C1CCOC1. The van der Waals surface area contributed by atoms with Crippen LogP contribution in [0.4, 0.5) is 0 Å². The molecule has 0 spiro atoms. The van der Waals surface area contributed by atoms with E-state index < -0.39 is 0 Å². The maximum Gasteiger partial charge on any atom is 0.248 e. The molecule has 2 atom stereocenters. The van der Waals surface area contributed by atoms with Gasteiger partial charge in [0.25, 0.3) is 0 Å². The van der Waals surface area contributed by atoms with Gasteiger partial charge < -0.3 is 14.5 Å². The van der Waals surface area contributed by atoms with Crippen molar-refractivity contribution in [3.05, 3.63) is 34.6 Å². The predicted octanol–water partition coefficient (Wildman–Crippen LogP) is 3.01. The van der Waals surface area contributed by atoms with E-state index in [1.165, 1.54) is 0 Å². The van der Waals surface area contributed by atoms with Crippen molar-refractivity contribution in [3.8, 4) is 11.5 Å². The van der Waals surface area contributed by atoms with E-state index in [0.29, 0.717) is 30.3 Å². The van der Waals surface area contributed by atoms with Crippen LogP contribution in [0.15, 0.2) is 33.2 Å². The number of benzene rings is 1. The highest BCUT2D eigenvalue weighted by molar-refractivity contribution is 9.10. The van der Waals surface area contributed by atoms with Crippen LogP contribution in [0, 0.1) is 5.92 Å². The van der Waals surface area contributed by atoms with Gasteiger partial charge in [0.1, 0.15) is 0 Å². The normalized spacial score (nSPS) is 19.8. The molecule has 0 radical (unpaired) electrons. The van der Waals surface area contributed by atoms with Crippen molar-refractivity contribution in [2.24, 2.45) is 5.92 Å². The van der Waals surface area contributed by atoms with Crippen LogP contribution < -0.4 is 5.32 Å². The molecule has 1 aliphatic rings. The minimum absolute atomic E-state index is 0.381. The molecule has 0 aliphatic carbocycles. The second kappa shape index (κ2) is 6.68. The summed E-state index contributed by atoms with van der Waals surface area (Å²) in [6.45, 7) is 4.45. The van der Waals surface area contributed by atoms with Crippen LogP contribution in [-0.2, 0) is 11.3 Å². The maximum atomic E-state index is 5.72. The molecule has 2 heterocycles. The van der Waals surface area contributed by atoms with Crippen molar-refractivity contribution in [2.75, 3.05) is 13.2 Å². The predicted molar refractivity (Wildman–Crippen MR) is 82.7 cm³/mol. The molecule has 3 rings (SSSR count). The number of hydrogen-bond donors (Lipinski definition) is 1. The Bertz CT molecular complexity index is 596. The molecule has 21 heavy (non-hydrogen) atoms. The molecular weight excluding hydrogens is 334 g/mol. The highest BCUT2D eigenvalue weighted by atomic mass is 79.9. The third kappa shape index (κ3) is 3.51. The summed E-state index contributed by atoms with van der Waals surface area (Å²) in [6, 6.07) is 8.20. The third-order valence-electron chi connectivity index (χ3n) is 3.82. The van der Waals surface area contributed by atoms with Crippen molar-refractivity contribution in [1.82, 2.24) is 15.5 Å². The molecule has 1 N–H and O–H groups in total. The van der Waals surface area contributed by atoms with Gasteiger partial charge in [0.2, 0.25) is 11.8 Å². The molecule has 0 saturated carbocycles. The zero-order chi connectivity index (χ0) is 14.7. The topological polar surface area (TPSA) is 60.2 Å². The largest absolute Gasteiger partial charge is 0.419 e. The molecular formula is C15H18BrN3O2. The van der Waals surface area contributed by atoms with Gasteiger partial charge in [-0.3, -0.25) is 0 Å². The number of halogens is 1. The zero-order valence-corrected chi connectivity index (χ0v) is 13.5. The quantitative estimate of drug-likeness (QED) is 0.896. The summed E-state index contributed by atoms with van der Waals surface area (Å²) >= 11 is 3.49. The molecule has 6 heteroatoms. The van der Waals surface area contributed by atoms with Gasteiger partial charge in [-0.25, -0.2) is 0 Å². The first kappa shape index (κ1) is 14.7. The summed E-state index contributed by atoms with van der Waals surface area (Å²) in [6.07, 6.45) is 1.11. The second-order valence-corrected chi connectivity index (χ2v) is 6.13. The monoisotopic (exact) mass is 351 g/mol. The first-order valence-electron chi connectivity index (χ1n) is 7.12. The standard InChI is InChI=1S/C15H18BrN3O2/c1-10(11-6-7-20-9-11)17-8-14-18-19-15(21-14)12-4-2-3-5-13(12)16/h2-5,10-11,17H,6-9H2,1H3. The van der Waals surface area contributed by atoms with Gasteiger partial charge >= 0.3 is 0 Å². The van der Waals surface area contributed by atoms with E-state index in [0.717, 1.165) is 29.7 Å². The zero-order valence-electron chi connectivity index (χ0n) is 11.9. The van der Waals surface area contributed by atoms with Crippen molar-refractivity contribution in [2.45, 2.75) is 25.9 Å². The van der Waals surface area contributed by atoms with E-state index in [2.05, 4.69) is 38.4 Å². The Kier molecular flexibility index (Phi) is 4.67. The number of rotatable bonds is 5. The van der Waals surface area contributed by atoms with Crippen LogP contribution in [0.1, 0.15) is 19.2 Å².